The summed E-state index contributed by atoms with van der Waals surface area (Å²) in [6.45, 7) is 1.46. The van der Waals surface area contributed by atoms with Crippen LogP contribution in [0, 0.1) is 0 Å². The number of hydrogen-bond donors (Lipinski definition) is 1. The third-order valence-electron chi connectivity index (χ3n) is 1.31. The van der Waals surface area contributed by atoms with E-state index in [1.807, 2.05) is 0 Å². The van der Waals surface area contributed by atoms with Crippen LogP contribution in [0.1, 0.15) is 19.8 Å². The highest BCUT2D eigenvalue weighted by Crippen LogP contribution is 2.27. The first-order valence-corrected chi connectivity index (χ1v) is 4.89. The fourth-order valence-corrected chi connectivity index (χ4v) is 1.71. The van der Waals surface area contributed by atoms with Gasteiger partial charge in [0.25, 0.3) is 0 Å². The maximum Gasteiger partial charge on any atom is 0.406 e. The SMILES string of the molecule is CCCC(C(F)(F)F)S(N)(=O)=O. The van der Waals surface area contributed by atoms with Gasteiger partial charge in [-0.25, -0.2) is 13.6 Å². The lowest BCUT2D eigenvalue weighted by Crippen LogP contribution is -2.40. The summed E-state index contributed by atoms with van der Waals surface area (Å²) in [7, 11) is -4.51. The second-order valence-corrected chi connectivity index (χ2v) is 4.16. The Kier molecular flexibility index (Phi) is 3.52. The van der Waals surface area contributed by atoms with Crippen LogP contribution in [-0.4, -0.2) is 19.8 Å². The van der Waals surface area contributed by atoms with Crippen LogP contribution in [-0.2, 0) is 10.0 Å². The lowest BCUT2D eigenvalue weighted by Gasteiger charge is -2.16. The van der Waals surface area contributed by atoms with Crippen molar-refractivity contribution in [2.45, 2.75) is 31.2 Å². The topological polar surface area (TPSA) is 60.2 Å². The van der Waals surface area contributed by atoms with Gasteiger partial charge in [-0.2, -0.15) is 13.2 Å². The average molecular weight is 205 g/mol. The fraction of sp³-hybridized carbons (Fsp3) is 1.00. The summed E-state index contributed by atoms with van der Waals surface area (Å²) in [6, 6.07) is 0. The second kappa shape index (κ2) is 3.61. The van der Waals surface area contributed by atoms with Gasteiger partial charge in [0.2, 0.25) is 10.0 Å². The van der Waals surface area contributed by atoms with Crippen LogP contribution >= 0.6 is 0 Å². The highest BCUT2D eigenvalue weighted by atomic mass is 32.2. The zero-order valence-corrected chi connectivity index (χ0v) is 7.24. The lowest BCUT2D eigenvalue weighted by atomic mass is 10.2. The van der Waals surface area contributed by atoms with Crippen molar-refractivity contribution in [2.24, 2.45) is 5.14 Å². The third-order valence-corrected chi connectivity index (χ3v) is 2.61. The zero-order chi connectivity index (χ0) is 9.99. The van der Waals surface area contributed by atoms with E-state index in [9.17, 15) is 21.6 Å². The van der Waals surface area contributed by atoms with E-state index in [-0.39, 0.29) is 6.42 Å². The van der Waals surface area contributed by atoms with Gasteiger partial charge >= 0.3 is 6.18 Å². The van der Waals surface area contributed by atoms with Gasteiger partial charge in [0.1, 0.15) is 0 Å². The van der Waals surface area contributed by atoms with Crippen molar-refractivity contribution in [2.75, 3.05) is 0 Å². The van der Waals surface area contributed by atoms with Crippen LogP contribution in [0.5, 0.6) is 0 Å². The maximum absolute atomic E-state index is 11.9. The van der Waals surface area contributed by atoms with Crippen LogP contribution < -0.4 is 5.14 Å². The molecule has 0 aliphatic heterocycles. The molecule has 0 heterocycles. The van der Waals surface area contributed by atoms with Gasteiger partial charge in [-0.3, -0.25) is 0 Å². The molecule has 0 spiro atoms. The number of hydrogen-bond acceptors (Lipinski definition) is 2. The molecule has 0 aliphatic rings. The van der Waals surface area contributed by atoms with Crippen LogP contribution in [0.3, 0.4) is 0 Å². The molecule has 1 atom stereocenters. The van der Waals surface area contributed by atoms with Crippen LogP contribution in [0.25, 0.3) is 0 Å². The molecular formula is C5H10F3NO2S. The normalized spacial score (nSPS) is 16.1. The standard InChI is InChI=1S/C5H10F3NO2S/c1-2-3-4(5(6,7)8)12(9,10)11/h4H,2-3H2,1H3,(H2,9,10,11). The largest absolute Gasteiger partial charge is 0.406 e. The molecule has 1 unspecified atom stereocenters. The number of primary sulfonamides is 1. The van der Waals surface area contributed by atoms with Crippen molar-refractivity contribution >= 4 is 10.0 Å². The molecule has 0 aromatic carbocycles. The first-order valence-electron chi connectivity index (χ1n) is 3.28. The van der Waals surface area contributed by atoms with E-state index < -0.39 is 27.9 Å². The minimum Gasteiger partial charge on any atom is -0.228 e. The van der Waals surface area contributed by atoms with Gasteiger partial charge in [0.05, 0.1) is 0 Å². The number of halogens is 3. The fourth-order valence-electron chi connectivity index (χ4n) is 0.776. The molecule has 12 heavy (non-hydrogen) atoms. The minimum absolute atomic E-state index is 0.126. The van der Waals surface area contributed by atoms with Crippen LogP contribution in [0.2, 0.25) is 0 Å². The quantitative estimate of drug-likeness (QED) is 0.747. The lowest BCUT2D eigenvalue weighted by molar-refractivity contribution is -0.131. The Hall–Kier alpha value is -0.300. The summed E-state index contributed by atoms with van der Waals surface area (Å²) in [5.41, 5.74) is 0. The van der Waals surface area contributed by atoms with Gasteiger partial charge in [-0.15, -0.1) is 0 Å². The monoisotopic (exact) mass is 205 g/mol. The van der Waals surface area contributed by atoms with Crippen molar-refractivity contribution in [3.05, 3.63) is 0 Å². The molecule has 0 aromatic heterocycles. The van der Waals surface area contributed by atoms with Crippen LogP contribution in [0.4, 0.5) is 13.2 Å². The molecule has 0 fully saturated rings. The first kappa shape index (κ1) is 11.7. The second-order valence-electron chi connectivity index (χ2n) is 2.41. The predicted molar refractivity (Wildman–Crippen MR) is 37.9 cm³/mol. The summed E-state index contributed by atoms with van der Waals surface area (Å²) in [5, 5.41) is 1.98. The summed E-state index contributed by atoms with van der Waals surface area (Å²) < 4.78 is 56.7. The van der Waals surface area contributed by atoms with Crippen molar-refractivity contribution < 1.29 is 21.6 Å². The Morgan fingerprint density at radius 3 is 1.92 bits per heavy atom. The minimum atomic E-state index is -4.76. The highest BCUT2D eigenvalue weighted by molar-refractivity contribution is 7.89. The molecule has 0 saturated heterocycles. The number of rotatable bonds is 3. The smallest absolute Gasteiger partial charge is 0.228 e. The molecule has 3 nitrogen and oxygen atoms in total. The summed E-state index contributed by atoms with van der Waals surface area (Å²) in [6.07, 6.45) is -5.12. The summed E-state index contributed by atoms with van der Waals surface area (Å²) in [4.78, 5) is 0. The van der Waals surface area contributed by atoms with Crippen molar-refractivity contribution in [3.8, 4) is 0 Å². The number of nitrogens with two attached hydrogens (primary N) is 1. The molecule has 0 rings (SSSR count). The molecule has 0 aromatic rings. The van der Waals surface area contributed by atoms with Crippen LogP contribution in [0.15, 0.2) is 0 Å². The predicted octanol–water partition coefficient (Wildman–Crippen LogP) is 1.01. The van der Waals surface area contributed by atoms with Crippen molar-refractivity contribution in [1.29, 1.82) is 0 Å². The zero-order valence-electron chi connectivity index (χ0n) is 6.43. The van der Waals surface area contributed by atoms with E-state index in [2.05, 4.69) is 5.14 Å². The maximum atomic E-state index is 11.9. The van der Waals surface area contributed by atoms with E-state index in [1.165, 1.54) is 6.92 Å². The molecular weight excluding hydrogens is 195 g/mol. The summed E-state index contributed by atoms with van der Waals surface area (Å²) >= 11 is 0. The van der Waals surface area contributed by atoms with Gasteiger partial charge in [-0.05, 0) is 6.42 Å². The Morgan fingerprint density at radius 1 is 1.42 bits per heavy atom. The molecule has 74 valence electrons. The van der Waals surface area contributed by atoms with Gasteiger partial charge < -0.3 is 0 Å². The van der Waals surface area contributed by atoms with Crippen molar-refractivity contribution in [3.63, 3.8) is 0 Å². The first-order chi connectivity index (χ1) is 5.19. The Labute approximate surface area is 68.8 Å². The van der Waals surface area contributed by atoms with Gasteiger partial charge in [0, 0.05) is 0 Å². The van der Waals surface area contributed by atoms with Gasteiger partial charge in [0.15, 0.2) is 5.25 Å². The molecule has 0 aliphatic carbocycles. The molecule has 0 radical (unpaired) electrons. The van der Waals surface area contributed by atoms with E-state index >= 15 is 0 Å². The Bertz CT molecular complexity index is 234. The summed E-state index contributed by atoms with van der Waals surface area (Å²) in [5.74, 6) is 0. The average Bonchev–Trinajstić information content (AvgIpc) is 1.77. The van der Waals surface area contributed by atoms with E-state index in [1.54, 1.807) is 0 Å². The Balaban J connectivity index is 4.70. The van der Waals surface area contributed by atoms with Crippen molar-refractivity contribution in [1.82, 2.24) is 0 Å². The third kappa shape index (κ3) is 3.40. The van der Waals surface area contributed by atoms with E-state index in [0.717, 1.165) is 0 Å². The highest BCUT2D eigenvalue weighted by Gasteiger charge is 2.46. The van der Waals surface area contributed by atoms with Gasteiger partial charge in [-0.1, -0.05) is 13.3 Å². The van der Waals surface area contributed by atoms with E-state index in [0.29, 0.717) is 0 Å². The number of alkyl halides is 3. The molecule has 7 heteroatoms. The number of sulfonamides is 1. The molecule has 0 amide bonds. The molecule has 0 bridgehead atoms. The molecule has 0 saturated carbocycles. The van der Waals surface area contributed by atoms with E-state index in [4.69, 9.17) is 0 Å². The molecule has 2 N–H and O–H groups in total. The Morgan fingerprint density at radius 2 is 1.83 bits per heavy atom.